The van der Waals surface area contributed by atoms with Gasteiger partial charge < -0.3 is 14.2 Å². The van der Waals surface area contributed by atoms with E-state index >= 15 is 0 Å². The predicted molar refractivity (Wildman–Crippen MR) is 83.8 cm³/mol. The van der Waals surface area contributed by atoms with Crippen molar-refractivity contribution in [3.63, 3.8) is 0 Å². The van der Waals surface area contributed by atoms with E-state index in [-0.39, 0.29) is 20.1 Å². The topological polar surface area (TPSA) is 120 Å². The van der Waals surface area contributed by atoms with E-state index in [1.165, 1.54) is 12.2 Å². The average Bonchev–Trinajstić information content (AvgIpc) is 3.10. The number of nitrogens with zero attached hydrogens (tertiary/aromatic N) is 2. The molecule has 0 aromatic carbocycles. The Morgan fingerprint density at radius 3 is 1.92 bits per heavy atom. The lowest BCUT2D eigenvalue weighted by Crippen LogP contribution is -2.35. The molecule has 0 saturated carbocycles. The highest BCUT2D eigenvalue weighted by Gasteiger charge is 2.26. The first-order valence-electron chi connectivity index (χ1n) is 7.87. The van der Waals surface area contributed by atoms with Crippen LogP contribution in [0, 0.1) is 0 Å². The zero-order chi connectivity index (χ0) is 18.9. The zero-order valence-electron chi connectivity index (χ0n) is 13.9. The number of unbranched alkanes of at least 4 members (excludes halogenated alkanes) is 1. The minimum atomic E-state index is -0.659. The van der Waals surface area contributed by atoms with Gasteiger partial charge in [0.15, 0.2) is 0 Å². The van der Waals surface area contributed by atoms with Gasteiger partial charge in [0.05, 0.1) is 6.61 Å². The molecule has 0 atom stereocenters. The molecule has 0 radical (unpaired) electrons. The second kappa shape index (κ2) is 9.59. The molecule has 0 saturated heterocycles. The van der Waals surface area contributed by atoms with E-state index in [0.29, 0.717) is 19.4 Å². The van der Waals surface area contributed by atoms with Crippen molar-refractivity contribution in [2.45, 2.75) is 12.8 Å². The van der Waals surface area contributed by atoms with E-state index in [4.69, 9.17) is 14.2 Å². The van der Waals surface area contributed by atoms with Gasteiger partial charge in [-0.1, -0.05) is 0 Å². The van der Waals surface area contributed by atoms with E-state index in [9.17, 15) is 24.0 Å². The van der Waals surface area contributed by atoms with Crippen LogP contribution < -0.4 is 0 Å². The molecular formula is C16H18N2O8. The van der Waals surface area contributed by atoms with Crippen LogP contribution in [-0.4, -0.2) is 72.7 Å². The standard InChI is InChI=1S/C16H18N2O8/c19-12-3-4-13(20)17(12)9-16(23)26-8-2-1-7-24-11-25-10-18-14(21)5-6-15(18)22/h3-6H,1-2,7-11H2. The second-order valence-corrected chi connectivity index (χ2v) is 5.32. The van der Waals surface area contributed by atoms with Crippen molar-refractivity contribution in [3.05, 3.63) is 24.3 Å². The summed E-state index contributed by atoms with van der Waals surface area (Å²) in [5.41, 5.74) is 0. The van der Waals surface area contributed by atoms with E-state index in [0.717, 1.165) is 22.0 Å². The number of hydrogen-bond acceptors (Lipinski definition) is 8. The van der Waals surface area contributed by atoms with Crippen molar-refractivity contribution in [1.29, 1.82) is 0 Å². The lowest BCUT2D eigenvalue weighted by atomic mass is 10.3. The molecule has 10 heteroatoms. The summed E-state index contributed by atoms with van der Waals surface area (Å²) in [6.07, 6.45) is 5.64. The van der Waals surface area contributed by atoms with E-state index in [1.54, 1.807) is 0 Å². The third-order valence-electron chi connectivity index (χ3n) is 3.42. The summed E-state index contributed by atoms with van der Waals surface area (Å²) < 4.78 is 15.2. The Labute approximate surface area is 148 Å². The third-order valence-corrected chi connectivity index (χ3v) is 3.42. The molecule has 10 nitrogen and oxygen atoms in total. The summed E-state index contributed by atoms with van der Waals surface area (Å²) in [4.78, 5) is 58.3. The van der Waals surface area contributed by atoms with Crippen LogP contribution in [0.2, 0.25) is 0 Å². The molecule has 2 rings (SSSR count). The molecule has 0 aliphatic carbocycles. The number of ether oxygens (including phenoxy) is 3. The van der Waals surface area contributed by atoms with Crippen molar-refractivity contribution in [2.75, 3.05) is 33.3 Å². The first kappa shape index (κ1) is 19.5. The summed E-state index contributed by atoms with van der Waals surface area (Å²) in [6, 6.07) is 0. The molecule has 0 bridgehead atoms. The van der Waals surface area contributed by atoms with Crippen molar-refractivity contribution in [3.8, 4) is 0 Å². The molecule has 4 amide bonds. The Balaban J connectivity index is 1.43. The summed E-state index contributed by atoms with van der Waals surface area (Å²) in [5.74, 6) is -2.58. The molecule has 0 aromatic heterocycles. The van der Waals surface area contributed by atoms with E-state index in [2.05, 4.69) is 0 Å². The molecule has 0 N–H and O–H groups in total. The fourth-order valence-corrected chi connectivity index (χ4v) is 2.06. The van der Waals surface area contributed by atoms with Gasteiger partial charge in [0.1, 0.15) is 20.1 Å². The molecule has 0 unspecified atom stereocenters. The molecule has 140 valence electrons. The average molecular weight is 366 g/mol. The monoisotopic (exact) mass is 366 g/mol. The third kappa shape index (κ3) is 5.60. The summed E-state index contributed by atoms with van der Waals surface area (Å²) in [6.45, 7) is -0.189. The van der Waals surface area contributed by atoms with Crippen LogP contribution >= 0.6 is 0 Å². The number of imide groups is 2. The van der Waals surface area contributed by atoms with E-state index in [1.807, 2.05) is 0 Å². The molecular weight excluding hydrogens is 348 g/mol. The highest BCUT2D eigenvalue weighted by Crippen LogP contribution is 2.04. The smallest absolute Gasteiger partial charge is 0.326 e. The maximum Gasteiger partial charge on any atom is 0.326 e. The lowest BCUT2D eigenvalue weighted by Gasteiger charge is -2.14. The van der Waals surface area contributed by atoms with Gasteiger partial charge in [0.25, 0.3) is 23.6 Å². The van der Waals surface area contributed by atoms with Gasteiger partial charge in [-0.2, -0.15) is 0 Å². The van der Waals surface area contributed by atoms with Gasteiger partial charge in [0.2, 0.25) is 0 Å². The van der Waals surface area contributed by atoms with Crippen molar-refractivity contribution < 1.29 is 38.2 Å². The Hall–Kier alpha value is -2.85. The Bertz CT molecular complexity index is 619. The normalized spacial score (nSPS) is 16.3. The maximum atomic E-state index is 11.5. The van der Waals surface area contributed by atoms with Crippen LogP contribution in [0.1, 0.15) is 12.8 Å². The number of carbonyl (C=O) groups excluding carboxylic acids is 5. The number of amides is 4. The van der Waals surface area contributed by atoms with Gasteiger partial charge >= 0.3 is 5.97 Å². The highest BCUT2D eigenvalue weighted by atomic mass is 16.7. The number of esters is 1. The van der Waals surface area contributed by atoms with Crippen LogP contribution in [-0.2, 0) is 38.2 Å². The first-order chi connectivity index (χ1) is 12.5. The molecule has 0 spiro atoms. The minimum Gasteiger partial charge on any atom is -0.464 e. The molecule has 2 heterocycles. The molecule has 26 heavy (non-hydrogen) atoms. The Kier molecular flexibility index (Phi) is 7.18. The highest BCUT2D eigenvalue weighted by molar-refractivity contribution is 6.14. The SMILES string of the molecule is O=C(CN1C(=O)C=CC1=O)OCCCCOCOCN1C(=O)C=CC1=O. The van der Waals surface area contributed by atoms with Gasteiger partial charge in [-0.15, -0.1) is 0 Å². The van der Waals surface area contributed by atoms with Crippen LogP contribution in [0.5, 0.6) is 0 Å². The number of rotatable bonds is 11. The Morgan fingerprint density at radius 1 is 0.769 bits per heavy atom. The maximum absolute atomic E-state index is 11.5. The summed E-state index contributed by atoms with van der Waals surface area (Å²) >= 11 is 0. The minimum absolute atomic E-state index is 0.0803. The van der Waals surface area contributed by atoms with E-state index < -0.39 is 36.1 Å². The van der Waals surface area contributed by atoms with Crippen molar-refractivity contribution in [1.82, 2.24) is 9.80 Å². The van der Waals surface area contributed by atoms with Crippen LogP contribution in [0.25, 0.3) is 0 Å². The fraction of sp³-hybridized carbons (Fsp3) is 0.438. The largest absolute Gasteiger partial charge is 0.464 e. The van der Waals surface area contributed by atoms with Crippen molar-refractivity contribution in [2.24, 2.45) is 0 Å². The molecule has 0 aromatic rings. The van der Waals surface area contributed by atoms with Crippen molar-refractivity contribution >= 4 is 29.6 Å². The lowest BCUT2D eigenvalue weighted by molar-refractivity contribution is -0.152. The summed E-state index contributed by atoms with van der Waals surface area (Å²) in [5, 5.41) is 0. The van der Waals surface area contributed by atoms with Gasteiger partial charge in [-0.3, -0.25) is 33.8 Å². The second-order valence-electron chi connectivity index (χ2n) is 5.32. The number of carbonyl (C=O) groups is 5. The first-order valence-corrected chi connectivity index (χ1v) is 7.87. The molecule has 2 aliphatic rings. The fourth-order valence-electron chi connectivity index (χ4n) is 2.06. The van der Waals surface area contributed by atoms with Crippen LogP contribution in [0.4, 0.5) is 0 Å². The van der Waals surface area contributed by atoms with Gasteiger partial charge in [0, 0.05) is 30.9 Å². The quantitative estimate of drug-likeness (QED) is 0.200. The molecule has 2 aliphatic heterocycles. The van der Waals surface area contributed by atoms with Crippen LogP contribution in [0.15, 0.2) is 24.3 Å². The number of hydrogen-bond donors (Lipinski definition) is 0. The predicted octanol–water partition coefficient (Wildman–Crippen LogP) is -0.892. The Morgan fingerprint density at radius 2 is 1.31 bits per heavy atom. The van der Waals surface area contributed by atoms with Gasteiger partial charge in [-0.25, -0.2) is 0 Å². The van der Waals surface area contributed by atoms with Gasteiger partial charge in [-0.05, 0) is 12.8 Å². The van der Waals surface area contributed by atoms with Crippen LogP contribution in [0.3, 0.4) is 0 Å². The zero-order valence-corrected chi connectivity index (χ0v) is 13.9. The summed E-state index contributed by atoms with van der Waals surface area (Å²) in [7, 11) is 0. The molecule has 0 fully saturated rings.